The Hall–Kier alpha value is -0.380. The Kier molecular flexibility index (Phi) is 3.35. The van der Waals surface area contributed by atoms with Crippen LogP contribution in [0.5, 0.6) is 0 Å². The minimum atomic E-state index is -0.261. The van der Waals surface area contributed by atoms with Crippen LogP contribution in [0.4, 0.5) is 0 Å². The summed E-state index contributed by atoms with van der Waals surface area (Å²) in [5, 5.41) is 0. The standard InChI is InChI=1S/C21H33NO2/c1-19-8-5-15(22)13-14(19)3-4-16-17(19)6-9-20(2)18(16)7-10-21(20)23-11-12-24-21/h3,15-18H,4-13,22H2,1-2H3/t15-,16+,17?,18-,19-,20-/m0/s1. The number of rotatable bonds is 0. The van der Waals surface area contributed by atoms with Gasteiger partial charge in [0.05, 0.1) is 13.2 Å². The molecule has 0 bridgehead atoms. The van der Waals surface area contributed by atoms with Gasteiger partial charge < -0.3 is 15.2 Å². The zero-order valence-electron chi connectivity index (χ0n) is 15.4. The fourth-order valence-corrected chi connectivity index (χ4v) is 7.57. The van der Waals surface area contributed by atoms with E-state index in [4.69, 9.17) is 15.2 Å². The van der Waals surface area contributed by atoms with Crippen LogP contribution < -0.4 is 5.73 Å². The molecule has 1 unspecified atom stereocenters. The van der Waals surface area contributed by atoms with Crippen LogP contribution in [0.1, 0.15) is 65.2 Å². The third-order valence-corrected chi connectivity index (χ3v) is 8.94. The van der Waals surface area contributed by atoms with Crippen LogP contribution in [-0.2, 0) is 9.47 Å². The molecule has 5 rings (SSSR count). The molecule has 0 aromatic heterocycles. The molecule has 24 heavy (non-hydrogen) atoms. The van der Waals surface area contributed by atoms with E-state index in [1.165, 1.54) is 38.5 Å². The molecule has 0 amide bonds. The summed E-state index contributed by atoms with van der Waals surface area (Å²) in [5.74, 6) is 2.17. The van der Waals surface area contributed by atoms with Gasteiger partial charge in [-0.15, -0.1) is 0 Å². The summed E-state index contributed by atoms with van der Waals surface area (Å²) < 4.78 is 12.5. The molecule has 4 fully saturated rings. The van der Waals surface area contributed by atoms with E-state index in [9.17, 15) is 0 Å². The Labute approximate surface area is 146 Å². The number of fused-ring (bicyclic) bond motifs is 6. The summed E-state index contributed by atoms with van der Waals surface area (Å²) in [4.78, 5) is 0. The van der Waals surface area contributed by atoms with E-state index < -0.39 is 0 Å². The summed E-state index contributed by atoms with van der Waals surface area (Å²) in [6.07, 6.45) is 12.5. The molecule has 0 radical (unpaired) electrons. The average molecular weight is 332 g/mol. The van der Waals surface area contributed by atoms with Crippen LogP contribution >= 0.6 is 0 Å². The lowest BCUT2D eigenvalue weighted by Gasteiger charge is -2.58. The zero-order valence-corrected chi connectivity index (χ0v) is 15.4. The van der Waals surface area contributed by atoms with Gasteiger partial charge in [-0.2, -0.15) is 0 Å². The summed E-state index contributed by atoms with van der Waals surface area (Å²) in [5.41, 5.74) is 8.60. The van der Waals surface area contributed by atoms with Crippen LogP contribution in [-0.4, -0.2) is 25.0 Å². The quantitative estimate of drug-likeness (QED) is 0.682. The molecule has 0 aromatic carbocycles. The highest BCUT2D eigenvalue weighted by Gasteiger charge is 2.66. The van der Waals surface area contributed by atoms with Crippen LogP contribution in [0.15, 0.2) is 11.6 Å². The van der Waals surface area contributed by atoms with Crippen molar-refractivity contribution in [3.05, 3.63) is 11.6 Å². The van der Waals surface area contributed by atoms with Crippen molar-refractivity contribution in [2.24, 2.45) is 34.3 Å². The van der Waals surface area contributed by atoms with E-state index in [2.05, 4.69) is 19.9 Å². The molecule has 6 atom stereocenters. The summed E-state index contributed by atoms with van der Waals surface area (Å²) in [7, 11) is 0. The fourth-order valence-electron chi connectivity index (χ4n) is 7.57. The first-order valence-corrected chi connectivity index (χ1v) is 10.2. The van der Waals surface area contributed by atoms with Gasteiger partial charge in [0.2, 0.25) is 0 Å². The zero-order chi connectivity index (χ0) is 16.6. The van der Waals surface area contributed by atoms with Crippen molar-refractivity contribution >= 4 is 0 Å². The van der Waals surface area contributed by atoms with Crippen LogP contribution in [0, 0.1) is 28.6 Å². The molecule has 1 aliphatic heterocycles. The second kappa shape index (κ2) is 5.08. The normalized spacial score (nSPS) is 52.5. The SMILES string of the molecule is C[C@]12CC[C@H](N)CC1=CC[C@@H]1C2CC[C@@]2(C)[C@H]1CCC21OCCO1. The van der Waals surface area contributed by atoms with Crippen molar-refractivity contribution in [1.82, 2.24) is 0 Å². The highest BCUT2D eigenvalue weighted by atomic mass is 16.7. The molecule has 1 spiro atoms. The number of ether oxygens (including phenoxy) is 2. The van der Waals surface area contributed by atoms with E-state index in [0.717, 1.165) is 43.8 Å². The largest absolute Gasteiger partial charge is 0.347 e. The lowest BCUT2D eigenvalue weighted by Crippen LogP contribution is -2.55. The van der Waals surface area contributed by atoms with Crippen molar-refractivity contribution in [3.63, 3.8) is 0 Å². The maximum atomic E-state index is 6.28. The van der Waals surface area contributed by atoms with Crippen molar-refractivity contribution in [1.29, 1.82) is 0 Å². The van der Waals surface area contributed by atoms with E-state index in [1.54, 1.807) is 5.57 Å². The van der Waals surface area contributed by atoms with E-state index in [1.807, 2.05) is 0 Å². The third kappa shape index (κ3) is 1.84. The van der Waals surface area contributed by atoms with Crippen molar-refractivity contribution in [2.45, 2.75) is 77.0 Å². The average Bonchev–Trinajstić information content (AvgIpc) is 3.15. The van der Waals surface area contributed by atoms with Crippen molar-refractivity contribution < 1.29 is 9.47 Å². The lowest BCUT2D eigenvalue weighted by molar-refractivity contribution is -0.242. The lowest BCUT2D eigenvalue weighted by atomic mass is 9.47. The van der Waals surface area contributed by atoms with Gasteiger partial charge in [-0.25, -0.2) is 0 Å². The molecule has 4 aliphatic carbocycles. The molecule has 3 nitrogen and oxygen atoms in total. The van der Waals surface area contributed by atoms with Gasteiger partial charge in [-0.05, 0) is 68.1 Å². The first kappa shape index (κ1) is 15.8. The Morgan fingerprint density at radius 2 is 1.75 bits per heavy atom. The molecule has 0 aromatic rings. The monoisotopic (exact) mass is 331 g/mol. The number of nitrogens with two attached hydrogens (primary N) is 1. The van der Waals surface area contributed by atoms with E-state index in [0.29, 0.717) is 11.5 Å². The first-order chi connectivity index (χ1) is 11.5. The Morgan fingerprint density at radius 3 is 2.54 bits per heavy atom. The van der Waals surface area contributed by atoms with Crippen LogP contribution in [0.3, 0.4) is 0 Å². The molecule has 3 saturated carbocycles. The molecule has 1 heterocycles. The van der Waals surface area contributed by atoms with Crippen molar-refractivity contribution in [3.8, 4) is 0 Å². The molecule has 3 heteroatoms. The fraction of sp³-hybridized carbons (Fsp3) is 0.905. The second-order valence-electron chi connectivity index (χ2n) is 9.71. The van der Waals surface area contributed by atoms with Crippen LogP contribution in [0.25, 0.3) is 0 Å². The maximum Gasteiger partial charge on any atom is 0.174 e. The minimum Gasteiger partial charge on any atom is -0.347 e. The predicted molar refractivity (Wildman–Crippen MR) is 94.3 cm³/mol. The van der Waals surface area contributed by atoms with Gasteiger partial charge >= 0.3 is 0 Å². The predicted octanol–water partition coefficient (Wildman–Crippen LogP) is 4.02. The molecular formula is C21H33NO2. The van der Waals surface area contributed by atoms with Gasteiger partial charge in [0, 0.05) is 17.9 Å². The molecular weight excluding hydrogens is 298 g/mol. The smallest absolute Gasteiger partial charge is 0.174 e. The Balaban J connectivity index is 1.49. The van der Waals surface area contributed by atoms with Gasteiger partial charge in [0.25, 0.3) is 0 Å². The number of allylic oxidation sites excluding steroid dienone is 1. The van der Waals surface area contributed by atoms with Crippen LogP contribution in [0.2, 0.25) is 0 Å². The number of hydrogen-bond donors (Lipinski definition) is 1. The van der Waals surface area contributed by atoms with Crippen molar-refractivity contribution in [2.75, 3.05) is 13.2 Å². The second-order valence-corrected chi connectivity index (χ2v) is 9.71. The Morgan fingerprint density at radius 1 is 1.00 bits per heavy atom. The molecule has 5 aliphatic rings. The van der Waals surface area contributed by atoms with Gasteiger partial charge in [-0.1, -0.05) is 25.5 Å². The van der Waals surface area contributed by atoms with E-state index in [-0.39, 0.29) is 11.2 Å². The summed E-state index contributed by atoms with van der Waals surface area (Å²) >= 11 is 0. The van der Waals surface area contributed by atoms with Gasteiger partial charge in [0.1, 0.15) is 0 Å². The summed E-state index contributed by atoms with van der Waals surface area (Å²) in [6.45, 7) is 6.61. The van der Waals surface area contributed by atoms with Gasteiger partial charge in [0.15, 0.2) is 5.79 Å². The van der Waals surface area contributed by atoms with E-state index >= 15 is 0 Å². The topological polar surface area (TPSA) is 44.5 Å². The highest BCUT2D eigenvalue weighted by molar-refractivity contribution is 5.26. The number of hydrogen-bond acceptors (Lipinski definition) is 3. The third-order valence-electron chi connectivity index (χ3n) is 8.94. The molecule has 134 valence electrons. The maximum absolute atomic E-state index is 6.28. The minimum absolute atomic E-state index is 0.220. The van der Waals surface area contributed by atoms with Gasteiger partial charge in [-0.3, -0.25) is 0 Å². The summed E-state index contributed by atoms with van der Waals surface area (Å²) in [6, 6.07) is 0.393. The first-order valence-electron chi connectivity index (χ1n) is 10.2. The highest BCUT2D eigenvalue weighted by Crippen LogP contribution is 2.68. The molecule has 1 saturated heterocycles. The molecule has 2 N–H and O–H groups in total. The Bertz CT molecular complexity index is 566.